The number of pyridine rings is 1. The summed E-state index contributed by atoms with van der Waals surface area (Å²) >= 11 is 11.3. The lowest BCUT2D eigenvalue weighted by molar-refractivity contribution is 0.417. The molecule has 0 spiro atoms. The number of anilines is 1. The van der Waals surface area contributed by atoms with E-state index in [1.165, 1.54) is 0 Å². The molecule has 0 aliphatic carbocycles. The monoisotopic (exact) mass is 321 g/mol. The molecule has 0 fully saturated rings. The van der Waals surface area contributed by atoms with Crippen LogP contribution in [0, 0.1) is 0 Å². The number of thiocarbonyl (C=S) groups is 1. The summed E-state index contributed by atoms with van der Waals surface area (Å²) in [6, 6.07) is 9.28. The molecule has 1 aromatic carbocycles. The average Bonchev–Trinajstić information content (AvgIpc) is 2.48. The van der Waals surface area contributed by atoms with Crippen LogP contribution >= 0.6 is 23.8 Å². The zero-order chi connectivity index (χ0) is 15.2. The Morgan fingerprint density at radius 3 is 2.67 bits per heavy atom. The second-order valence-corrected chi connectivity index (χ2v) is 5.29. The predicted molar refractivity (Wildman–Crippen MR) is 90.0 cm³/mol. The van der Waals surface area contributed by atoms with Gasteiger partial charge < -0.3 is 15.4 Å². The molecule has 0 amide bonds. The predicted octanol–water partition coefficient (Wildman–Crippen LogP) is 3.79. The van der Waals surface area contributed by atoms with E-state index in [2.05, 4.69) is 15.6 Å². The van der Waals surface area contributed by atoms with E-state index in [1.54, 1.807) is 37.7 Å². The van der Waals surface area contributed by atoms with Crippen molar-refractivity contribution < 1.29 is 4.74 Å². The molecule has 0 radical (unpaired) electrons. The Hall–Kier alpha value is -1.85. The molecular weight excluding hydrogens is 306 g/mol. The van der Waals surface area contributed by atoms with Crippen molar-refractivity contribution in [2.45, 2.75) is 13.0 Å². The first-order chi connectivity index (χ1) is 10.1. The molecule has 110 valence electrons. The van der Waals surface area contributed by atoms with Gasteiger partial charge in [-0.1, -0.05) is 11.6 Å². The molecule has 4 nitrogen and oxygen atoms in total. The lowest BCUT2D eigenvalue weighted by Crippen LogP contribution is -2.31. The Bertz CT molecular complexity index is 622. The van der Waals surface area contributed by atoms with Crippen LogP contribution in [-0.2, 0) is 0 Å². The molecule has 0 aliphatic rings. The van der Waals surface area contributed by atoms with Crippen LogP contribution in [0.25, 0.3) is 0 Å². The Labute approximate surface area is 134 Å². The van der Waals surface area contributed by atoms with Gasteiger partial charge in [0.25, 0.3) is 0 Å². The van der Waals surface area contributed by atoms with Crippen LogP contribution in [0.15, 0.2) is 42.7 Å². The highest BCUT2D eigenvalue weighted by atomic mass is 35.5. The Morgan fingerprint density at radius 1 is 1.29 bits per heavy atom. The molecule has 1 aromatic heterocycles. The molecular formula is C15H16ClN3OS. The first kappa shape index (κ1) is 15.5. The second-order valence-electron chi connectivity index (χ2n) is 4.45. The van der Waals surface area contributed by atoms with Gasteiger partial charge in [0.1, 0.15) is 5.75 Å². The van der Waals surface area contributed by atoms with Gasteiger partial charge in [0.15, 0.2) is 5.11 Å². The number of benzene rings is 1. The molecule has 2 aromatic rings. The van der Waals surface area contributed by atoms with Crippen molar-refractivity contribution in [1.82, 2.24) is 10.3 Å². The number of halogens is 1. The van der Waals surface area contributed by atoms with E-state index >= 15 is 0 Å². The topological polar surface area (TPSA) is 46.2 Å². The smallest absolute Gasteiger partial charge is 0.171 e. The number of hydrogen-bond donors (Lipinski definition) is 2. The summed E-state index contributed by atoms with van der Waals surface area (Å²) in [5.74, 6) is 0.681. The number of rotatable bonds is 4. The van der Waals surface area contributed by atoms with E-state index in [4.69, 9.17) is 28.6 Å². The van der Waals surface area contributed by atoms with E-state index < -0.39 is 0 Å². The number of ether oxygens (including phenoxy) is 1. The normalized spacial score (nSPS) is 11.6. The van der Waals surface area contributed by atoms with E-state index in [9.17, 15) is 0 Å². The van der Waals surface area contributed by atoms with E-state index in [1.807, 2.05) is 19.1 Å². The van der Waals surface area contributed by atoms with Gasteiger partial charge in [-0.15, -0.1) is 0 Å². The largest absolute Gasteiger partial charge is 0.495 e. The third kappa shape index (κ3) is 4.31. The molecule has 1 unspecified atom stereocenters. The minimum atomic E-state index is 0.0678. The first-order valence-corrected chi connectivity index (χ1v) is 7.19. The first-order valence-electron chi connectivity index (χ1n) is 6.41. The van der Waals surface area contributed by atoms with Gasteiger partial charge in [0.05, 0.1) is 18.8 Å². The van der Waals surface area contributed by atoms with Gasteiger partial charge >= 0.3 is 0 Å². The van der Waals surface area contributed by atoms with Crippen molar-refractivity contribution in [3.05, 3.63) is 53.3 Å². The van der Waals surface area contributed by atoms with Crippen molar-refractivity contribution in [2.24, 2.45) is 0 Å². The minimum absolute atomic E-state index is 0.0678. The van der Waals surface area contributed by atoms with E-state index in [0.717, 1.165) is 11.3 Å². The molecule has 21 heavy (non-hydrogen) atoms. The Balaban J connectivity index is 2.04. The van der Waals surface area contributed by atoms with Gasteiger partial charge in [0.2, 0.25) is 0 Å². The maximum atomic E-state index is 5.99. The molecule has 0 aliphatic heterocycles. The quantitative estimate of drug-likeness (QED) is 0.839. The third-order valence-corrected chi connectivity index (χ3v) is 3.42. The zero-order valence-electron chi connectivity index (χ0n) is 11.8. The van der Waals surface area contributed by atoms with Crippen LogP contribution in [-0.4, -0.2) is 17.2 Å². The summed E-state index contributed by atoms with van der Waals surface area (Å²) in [5, 5.41) is 7.42. The van der Waals surface area contributed by atoms with E-state index in [0.29, 0.717) is 15.9 Å². The lowest BCUT2D eigenvalue weighted by atomic mass is 10.1. The van der Waals surface area contributed by atoms with Gasteiger partial charge in [0, 0.05) is 17.4 Å². The molecule has 2 rings (SSSR count). The van der Waals surface area contributed by atoms with Crippen LogP contribution in [0.2, 0.25) is 5.02 Å². The number of nitrogens with one attached hydrogen (secondary N) is 2. The second kappa shape index (κ2) is 7.24. The summed E-state index contributed by atoms with van der Waals surface area (Å²) in [6.45, 7) is 2.03. The molecule has 0 saturated heterocycles. The summed E-state index contributed by atoms with van der Waals surface area (Å²) in [7, 11) is 1.60. The Morgan fingerprint density at radius 2 is 2.00 bits per heavy atom. The van der Waals surface area contributed by atoms with Crippen LogP contribution in [0.4, 0.5) is 5.69 Å². The molecule has 1 atom stereocenters. The van der Waals surface area contributed by atoms with Crippen molar-refractivity contribution in [2.75, 3.05) is 12.4 Å². The molecule has 1 heterocycles. The highest BCUT2D eigenvalue weighted by Gasteiger charge is 2.09. The van der Waals surface area contributed by atoms with Crippen LogP contribution in [0.1, 0.15) is 18.5 Å². The lowest BCUT2D eigenvalue weighted by Gasteiger charge is -2.18. The average molecular weight is 322 g/mol. The van der Waals surface area contributed by atoms with Gasteiger partial charge in [-0.05, 0) is 55.0 Å². The minimum Gasteiger partial charge on any atom is -0.495 e. The molecule has 6 heteroatoms. The summed E-state index contributed by atoms with van der Waals surface area (Å²) in [6.07, 6.45) is 3.51. The highest BCUT2D eigenvalue weighted by molar-refractivity contribution is 7.80. The maximum Gasteiger partial charge on any atom is 0.171 e. The van der Waals surface area contributed by atoms with Crippen molar-refractivity contribution in [3.8, 4) is 5.75 Å². The van der Waals surface area contributed by atoms with Crippen LogP contribution in [0.3, 0.4) is 0 Å². The summed E-state index contributed by atoms with van der Waals surface area (Å²) < 4.78 is 5.27. The fourth-order valence-corrected chi connectivity index (χ4v) is 2.33. The van der Waals surface area contributed by atoms with Crippen molar-refractivity contribution in [3.63, 3.8) is 0 Å². The van der Waals surface area contributed by atoms with Gasteiger partial charge in [-0.2, -0.15) is 0 Å². The third-order valence-electron chi connectivity index (χ3n) is 2.96. The fraction of sp³-hybridized carbons (Fsp3) is 0.200. The maximum absolute atomic E-state index is 5.99. The van der Waals surface area contributed by atoms with Gasteiger partial charge in [-0.25, -0.2) is 0 Å². The zero-order valence-corrected chi connectivity index (χ0v) is 13.3. The number of hydrogen-bond acceptors (Lipinski definition) is 3. The number of methoxy groups -OCH3 is 1. The molecule has 2 N–H and O–H groups in total. The SMILES string of the molecule is COc1ccc(Cl)cc1NC(=S)NC(C)c1ccncc1. The van der Waals surface area contributed by atoms with Crippen molar-refractivity contribution in [1.29, 1.82) is 0 Å². The number of aromatic nitrogens is 1. The van der Waals surface area contributed by atoms with Crippen LogP contribution < -0.4 is 15.4 Å². The number of nitrogens with zero attached hydrogens (tertiary/aromatic N) is 1. The summed E-state index contributed by atoms with van der Waals surface area (Å²) in [5.41, 5.74) is 1.83. The summed E-state index contributed by atoms with van der Waals surface area (Å²) in [4.78, 5) is 4.00. The fourth-order valence-electron chi connectivity index (χ4n) is 1.87. The molecule has 0 bridgehead atoms. The molecule has 0 saturated carbocycles. The Kier molecular flexibility index (Phi) is 5.36. The van der Waals surface area contributed by atoms with Gasteiger partial charge in [-0.3, -0.25) is 4.98 Å². The standard InChI is InChI=1S/C15H16ClN3OS/c1-10(11-5-7-17-8-6-11)18-15(21)19-13-9-12(16)3-4-14(13)20-2/h3-10H,1-2H3,(H2,18,19,21). The van der Waals surface area contributed by atoms with E-state index in [-0.39, 0.29) is 6.04 Å². The highest BCUT2D eigenvalue weighted by Crippen LogP contribution is 2.27. The van der Waals surface area contributed by atoms with Crippen molar-refractivity contribution >= 4 is 34.6 Å². The van der Waals surface area contributed by atoms with Crippen LogP contribution in [0.5, 0.6) is 5.75 Å².